The van der Waals surface area contributed by atoms with Crippen molar-refractivity contribution in [1.82, 2.24) is 29.8 Å². The lowest BCUT2D eigenvalue weighted by atomic mass is 9.86. The van der Waals surface area contributed by atoms with Gasteiger partial charge in [-0.2, -0.15) is 0 Å². The first-order valence-electron chi connectivity index (χ1n) is 6.41. The molecule has 0 amide bonds. The Bertz CT molecular complexity index is 630. The molecule has 0 unspecified atom stereocenters. The number of nitrogens with zero attached hydrogens (tertiary/aromatic N) is 6. The molecule has 2 aromatic rings. The molecule has 20 heavy (non-hydrogen) atoms. The van der Waals surface area contributed by atoms with E-state index in [4.69, 9.17) is 0 Å². The number of hydrogen-bond acceptors (Lipinski definition) is 7. The molecule has 0 spiro atoms. The van der Waals surface area contributed by atoms with Crippen molar-refractivity contribution in [3.8, 4) is 10.7 Å². The Morgan fingerprint density at radius 2 is 2.15 bits per heavy atom. The number of aliphatic carboxylic acids is 1. The van der Waals surface area contributed by atoms with Gasteiger partial charge < -0.3 is 5.11 Å². The average Bonchev–Trinajstić information content (AvgIpc) is 3.11. The molecule has 0 aromatic carbocycles. The Hall–Kier alpha value is -1.90. The van der Waals surface area contributed by atoms with Crippen LogP contribution in [-0.4, -0.2) is 40.9 Å². The quantitative estimate of drug-likeness (QED) is 0.901. The van der Waals surface area contributed by atoms with Crippen molar-refractivity contribution < 1.29 is 9.90 Å². The molecule has 0 bridgehead atoms. The first kappa shape index (κ1) is 13.1. The van der Waals surface area contributed by atoms with Crippen LogP contribution < -0.4 is 0 Å². The van der Waals surface area contributed by atoms with Gasteiger partial charge in [0, 0.05) is 0 Å². The number of aryl methyl sites for hydroxylation is 1. The van der Waals surface area contributed by atoms with Gasteiger partial charge in [-0.3, -0.25) is 4.79 Å². The summed E-state index contributed by atoms with van der Waals surface area (Å²) in [6, 6.07) is 0. The topological polar surface area (TPSA) is 107 Å². The van der Waals surface area contributed by atoms with Crippen LogP contribution in [0.2, 0.25) is 0 Å². The van der Waals surface area contributed by atoms with Crippen LogP contribution in [0.25, 0.3) is 10.7 Å². The Balaban J connectivity index is 1.94. The maximum absolute atomic E-state index is 11.6. The van der Waals surface area contributed by atoms with E-state index in [1.165, 1.54) is 11.5 Å². The number of carbonyl (C=O) groups is 1. The van der Waals surface area contributed by atoms with Gasteiger partial charge in [-0.25, -0.2) is 4.68 Å². The summed E-state index contributed by atoms with van der Waals surface area (Å²) in [4.78, 5) is 12.4. The molecule has 1 saturated carbocycles. The number of aromatic nitrogens is 6. The Morgan fingerprint density at radius 1 is 1.40 bits per heavy atom. The second-order valence-electron chi connectivity index (χ2n) is 5.14. The zero-order valence-electron chi connectivity index (χ0n) is 11.0. The number of carboxylic acids is 1. The standard InChI is InChI=1S/C11H14N6O2S/c1-7-8(20-16-12-7)9-13-14-15-17(9)6-11(10(18)19)4-2-3-5-11/h2-6H2,1H3,(H,18,19). The Kier molecular flexibility index (Phi) is 3.20. The van der Waals surface area contributed by atoms with Crippen LogP contribution in [0, 0.1) is 12.3 Å². The van der Waals surface area contributed by atoms with Crippen LogP contribution in [0.5, 0.6) is 0 Å². The number of carboxylic acid groups (broad SMARTS) is 1. The van der Waals surface area contributed by atoms with E-state index in [1.54, 1.807) is 4.68 Å². The van der Waals surface area contributed by atoms with Crippen molar-refractivity contribution in [2.24, 2.45) is 5.41 Å². The molecular weight excluding hydrogens is 280 g/mol. The minimum absolute atomic E-state index is 0.294. The normalized spacial score (nSPS) is 17.4. The van der Waals surface area contributed by atoms with E-state index in [-0.39, 0.29) is 0 Å². The van der Waals surface area contributed by atoms with Gasteiger partial charge >= 0.3 is 5.97 Å². The van der Waals surface area contributed by atoms with Crippen LogP contribution >= 0.6 is 11.5 Å². The first-order chi connectivity index (χ1) is 9.62. The monoisotopic (exact) mass is 294 g/mol. The van der Waals surface area contributed by atoms with Gasteiger partial charge in [-0.05, 0) is 41.7 Å². The molecule has 1 aliphatic rings. The van der Waals surface area contributed by atoms with Crippen molar-refractivity contribution >= 4 is 17.5 Å². The van der Waals surface area contributed by atoms with Crippen molar-refractivity contribution in [1.29, 1.82) is 0 Å². The molecule has 1 aliphatic carbocycles. The van der Waals surface area contributed by atoms with E-state index in [1.807, 2.05) is 6.92 Å². The summed E-state index contributed by atoms with van der Waals surface area (Å²) in [5, 5.41) is 25.1. The zero-order valence-corrected chi connectivity index (χ0v) is 11.8. The fourth-order valence-electron chi connectivity index (χ4n) is 2.69. The third-order valence-electron chi connectivity index (χ3n) is 3.85. The molecular formula is C11H14N6O2S. The molecule has 2 heterocycles. The summed E-state index contributed by atoms with van der Waals surface area (Å²) in [6.07, 6.45) is 3.21. The van der Waals surface area contributed by atoms with Gasteiger partial charge in [0.05, 0.1) is 17.7 Å². The summed E-state index contributed by atoms with van der Waals surface area (Å²) in [6.45, 7) is 2.13. The van der Waals surface area contributed by atoms with E-state index in [2.05, 4.69) is 25.1 Å². The van der Waals surface area contributed by atoms with Crippen LogP contribution in [0.15, 0.2) is 0 Å². The van der Waals surface area contributed by atoms with Gasteiger partial charge in [0.1, 0.15) is 4.88 Å². The number of rotatable bonds is 4. The number of tetrazole rings is 1. The molecule has 9 heteroatoms. The highest BCUT2D eigenvalue weighted by Gasteiger charge is 2.42. The van der Waals surface area contributed by atoms with Crippen molar-refractivity contribution in [3.05, 3.63) is 5.69 Å². The van der Waals surface area contributed by atoms with Gasteiger partial charge in [0.25, 0.3) is 0 Å². The van der Waals surface area contributed by atoms with Crippen molar-refractivity contribution in [2.75, 3.05) is 0 Å². The summed E-state index contributed by atoms with van der Waals surface area (Å²) in [5.74, 6) is -0.222. The average molecular weight is 294 g/mol. The molecule has 1 fully saturated rings. The highest BCUT2D eigenvalue weighted by Crippen LogP contribution is 2.40. The molecule has 106 valence electrons. The lowest BCUT2D eigenvalue weighted by molar-refractivity contribution is -0.149. The molecule has 8 nitrogen and oxygen atoms in total. The fourth-order valence-corrected chi connectivity index (χ4v) is 3.33. The van der Waals surface area contributed by atoms with Crippen LogP contribution in [-0.2, 0) is 11.3 Å². The molecule has 1 N–H and O–H groups in total. The second-order valence-corrected chi connectivity index (χ2v) is 5.89. The number of hydrogen-bond donors (Lipinski definition) is 1. The lowest BCUT2D eigenvalue weighted by Gasteiger charge is -2.23. The molecule has 0 saturated heterocycles. The summed E-state index contributed by atoms with van der Waals surface area (Å²) < 4.78 is 5.44. The highest BCUT2D eigenvalue weighted by molar-refractivity contribution is 7.09. The van der Waals surface area contributed by atoms with E-state index in [9.17, 15) is 9.90 Å². The molecule has 0 atom stereocenters. The summed E-state index contributed by atoms with van der Waals surface area (Å²) >= 11 is 1.21. The molecule has 2 aromatic heterocycles. The summed E-state index contributed by atoms with van der Waals surface area (Å²) in [7, 11) is 0. The van der Waals surface area contributed by atoms with Crippen molar-refractivity contribution in [2.45, 2.75) is 39.2 Å². The van der Waals surface area contributed by atoms with Gasteiger partial charge in [0.2, 0.25) is 0 Å². The lowest BCUT2D eigenvalue weighted by Crippen LogP contribution is -2.33. The Labute approximate surface area is 119 Å². The van der Waals surface area contributed by atoms with Crippen LogP contribution in [0.4, 0.5) is 0 Å². The maximum Gasteiger partial charge on any atom is 0.311 e. The highest BCUT2D eigenvalue weighted by atomic mass is 32.1. The molecule has 0 aliphatic heterocycles. The van der Waals surface area contributed by atoms with E-state index in [0.29, 0.717) is 25.2 Å². The summed E-state index contributed by atoms with van der Waals surface area (Å²) in [5.41, 5.74) is -0.00211. The molecule has 3 rings (SSSR count). The van der Waals surface area contributed by atoms with Gasteiger partial charge in [0.15, 0.2) is 5.82 Å². The smallest absolute Gasteiger partial charge is 0.311 e. The predicted octanol–water partition coefficient (Wildman–Crippen LogP) is 1.15. The molecule has 0 radical (unpaired) electrons. The van der Waals surface area contributed by atoms with E-state index in [0.717, 1.165) is 23.4 Å². The minimum atomic E-state index is -0.768. The Morgan fingerprint density at radius 3 is 2.75 bits per heavy atom. The fraction of sp³-hybridized carbons (Fsp3) is 0.636. The largest absolute Gasteiger partial charge is 0.481 e. The van der Waals surface area contributed by atoms with Crippen LogP contribution in [0.1, 0.15) is 31.4 Å². The van der Waals surface area contributed by atoms with Crippen LogP contribution in [0.3, 0.4) is 0 Å². The zero-order chi connectivity index (χ0) is 14.2. The second kappa shape index (κ2) is 4.89. The third kappa shape index (κ3) is 2.07. The SMILES string of the molecule is Cc1nnsc1-c1nnnn1CC1(C(=O)O)CCCC1. The van der Waals surface area contributed by atoms with E-state index >= 15 is 0 Å². The minimum Gasteiger partial charge on any atom is -0.481 e. The van der Waals surface area contributed by atoms with E-state index < -0.39 is 11.4 Å². The van der Waals surface area contributed by atoms with Gasteiger partial charge in [-0.15, -0.1) is 10.2 Å². The third-order valence-corrected chi connectivity index (χ3v) is 4.68. The van der Waals surface area contributed by atoms with Gasteiger partial charge in [-0.1, -0.05) is 17.3 Å². The maximum atomic E-state index is 11.6. The van der Waals surface area contributed by atoms with Crippen molar-refractivity contribution in [3.63, 3.8) is 0 Å². The first-order valence-corrected chi connectivity index (χ1v) is 7.19. The predicted molar refractivity (Wildman–Crippen MR) is 70.0 cm³/mol.